The van der Waals surface area contributed by atoms with Crippen molar-refractivity contribution < 1.29 is 14.0 Å². The lowest BCUT2D eigenvalue weighted by Gasteiger charge is -2.41. The first-order valence-corrected chi connectivity index (χ1v) is 13.6. The van der Waals surface area contributed by atoms with Crippen LogP contribution >= 0.6 is 11.6 Å². The van der Waals surface area contributed by atoms with E-state index in [-0.39, 0.29) is 39.9 Å². The van der Waals surface area contributed by atoms with Crippen molar-refractivity contribution in [2.75, 3.05) is 31.6 Å². The Labute approximate surface area is 245 Å². The third-order valence-electron chi connectivity index (χ3n) is 6.53. The smallest absolute Gasteiger partial charge is 0.246 e. The quantitative estimate of drug-likeness (QED) is 0.231. The fourth-order valence-corrected chi connectivity index (χ4v) is 4.85. The zero-order chi connectivity index (χ0) is 30.5. The number of aromatic nitrogens is 1. The molecule has 1 aromatic heterocycles. The standard InChI is InChI=1S/C30H37ClFN7O2/c1-8-25(41)37-13-14-38(20(3)17-37)28(34-7)22-15-23(31)26(21-11-9-10-12-24(21)32)35-29(22)39(18-40)27(19(2)16-33)36-30(4,5)6/h8-12,15-16,18,20H,1,13-14,17,33H2,2-7H3. The molecular weight excluding hydrogens is 545 g/mol. The number of carbonyl (C=O) groups excluding carboxylic acids is 2. The van der Waals surface area contributed by atoms with Crippen LogP contribution in [0.4, 0.5) is 10.2 Å². The number of amidine groups is 2. The van der Waals surface area contributed by atoms with Gasteiger partial charge in [-0.1, -0.05) is 30.3 Å². The number of hydrogen-bond acceptors (Lipinski definition) is 6. The minimum Gasteiger partial charge on any atom is -0.404 e. The summed E-state index contributed by atoms with van der Waals surface area (Å²) in [6.45, 7) is 14.3. The maximum Gasteiger partial charge on any atom is 0.246 e. The van der Waals surface area contributed by atoms with Gasteiger partial charge in [0.15, 0.2) is 5.82 Å². The lowest BCUT2D eigenvalue weighted by Crippen LogP contribution is -2.55. The van der Waals surface area contributed by atoms with Crippen LogP contribution in [0.15, 0.2) is 64.7 Å². The molecule has 1 aliphatic heterocycles. The van der Waals surface area contributed by atoms with E-state index in [0.717, 1.165) is 0 Å². The molecule has 3 rings (SSSR count). The number of hydrogen-bond donors (Lipinski definition) is 1. The van der Waals surface area contributed by atoms with Crippen LogP contribution in [-0.2, 0) is 9.59 Å². The lowest BCUT2D eigenvalue weighted by molar-refractivity contribution is -0.128. The molecule has 1 atom stereocenters. The number of carbonyl (C=O) groups is 2. The highest BCUT2D eigenvalue weighted by atomic mass is 35.5. The fraction of sp³-hybridized carbons (Fsp3) is 0.367. The lowest BCUT2D eigenvalue weighted by atomic mass is 10.1. The zero-order valence-corrected chi connectivity index (χ0v) is 25.1. The molecule has 2 amide bonds. The van der Waals surface area contributed by atoms with E-state index in [2.05, 4.69) is 11.6 Å². The first-order chi connectivity index (χ1) is 19.4. The summed E-state index contributed by atoms with van der Waals surface area (Å²) in [5.74, 6) is 0.273. The zero-order valence-electron chi connectivity index (χ0n) is 24.4. The molecule has 41 heavy (non-hydrogen) atoms. The topological polar surface area (TPSA) is 107 Å². The van der Waals surface area contributed by atoms with E-state index in [4.69, 9.17) is 27.3 Å². The Morgan fingerprint density at radius 3 is 2.51 bits per heavy atom. The van der Waals surface area contributed by atoms with E-state index in [1.54, 1.807) is 43.1 Å². The molecular formula is C30H37ClFN7O2. The number of piperazine rings is 1. The first kappa shape index (κ1) is 31.5. The van der Waals surface area contributed by atoms with Crippen LogP contribution < -0.4 is 10.6 Å². The van der Waals surface area contributed by atoms with Gasteiger partial charge in [0.05, 0.1) is 21.8 Å². The van der Waals surface area contributed by atoms with Gasteiger partial charge in [-0.3, -0.25) is 19.6 Å². The Kier molecular flexibility index (Phi) is 10.0. The van der Waals surface area contributed by atoms with Crippen LogP contribution in [0, 0.1) is 5.82 Å². The Morgan fingerprint density at radius 2 is 1.98 bits per heavy atom. The largest absolute Gasteiger partial charge is 0.404 e. The molecule has 2 aromatic rings. The summed E-state index contributed by atoms with van der Waals surface area (Å²) < 4.78 is 14.9. The molecule has 9 nitrogen and oxygen atoms in total. The number of nitrogens with two attached hydrogens (primary N) is 1. The third-order valence-corrected chi connectivity index (χ3v) is 6.82. The SMILES string of the molecule is C=CC(=O)N1CCN(C(=NC)c2cc(Cl)c(-c3ccccc3F)nc2N(C=O)C(=NC(C)(C)C)C(C)=CN)C(C)C1. The molecule has 218 valence electrons. The molecule has 1 aliphatic rings. The van der Waals surface area contributed by atoms with Crippen molar-refractivity contribution in [1.82, 2.24) is 14.8 Å². The van der Waals surface area contributed by atoms with Gasteiger partial charge in [-0.2, -0.15) is 0 Å². The van der Waals surface area contributed by atoms with E-state index >= 15 is 0 Å². The van der Waals surface area contributed by atoms with Crippen molar-refractivity contribution in [2.24, 2.45) is 15.7 Å². The van der Waals surface area contributed by atoms with Gasteiger partial charge in [-0.05, 0) is 58.9 Å². The number of halogens is 2. The summed E-state index contributed by atoms with van der Waals surface area (Å²) in [5, 5.41) is 0.175. The summed E-state index contributed by atoms with van der Waals surface area (Å²) in [4.78, 5) is 44.3. The molecule has 1 unspecified atom stereocenters. The van der Waals surface area contributed by atoms with E-state index in [0.29, 0.717) is 43.0 Å². The Hall–Kier alpha value is -4.05. The summed E-state index contributed by atoms with van der Waals surface area (Å²) in [6, 6.07) is 7.64. The number of benzene rings is 1. The number of rotatable bonds is 6. The summed E-state index contributed by atoms with van der Waals surface area (Å²) in [7, 11) is 1.63. The van der Waals surface area contributed by atoms with E-state index in [1.807, 2.05) is 32.6 Å². The van der Waals surface area contributed by atoms with Crippen LogP contribution in [-0.4, -0.2) is 77.0 Å². The second kappa shape index (κ2) is 13.1. The van der Waals surface area contributed by atoms with Crippen molar-refractivity contribution in [3.63, 3.8) is 0 Å². The third kappa shape index (κ3) is 7.00. The summed E-state index contributed by atoms with van der Waals surface area (Å²) in [5.41, 5.74) is 6.61. The predicted octanol–water partition coefficient (Wildman–Crippen LogP) is 4.66. The van der Waals surface area contributed by atoms with E-state index in [1.165, 1.54) is 23.2 Å². The van der Waals surface area contributed by atoms with Crippen LogP contribution in [0.2, 0.25) is 5.02 Å². The Balaban J connectivity index is 2.30. The molecule has 0 saturated carbocycles. The van der Waals surface area contributed by atoms with Crippen molar-refractivity contribution in [2.45, 2.75) is 46.2 Å². The molecule has 1 saturated heterocycles. The highest BCUT2D eigenvalue weighted by Gasteiger charge is 2.32. The van der Waals surface area contributed by atoms with Gasteiger partial charge in [0.2, 0.25) is 12.3 Å². The summed E-state index contributed by atoms with van der Waals surface area (Å²) in [6.07, 6.45) is 3.26. The second-order valence-corrected chi connectivity index (χ2v) is 11.1. The average molecular weight is 582 g/mol. The van der Waals surface area contributed by atoms with Gasteiger partial charge in [0.25, 0.3) is 0 Å². The van der Waals surface area contributed by atoms with E-state index in [9.17, 15) is 14.0 Å². The number of nitrogens with zero attached hydrogens (tertiary/aromatic N) is 6. The highest BCUT2D eigenvalue weighted by Crippen LogP contribution is 2.35. The van der Waals surface area contributed by atoms with Gasteiger partial charge in [-0.15, -0.1) is 0 Å². The molecule has 11 heteroatoms. The maximum atomic E-state index is 14.9. The normalized spacial score (nSPS) is 17.0. The first-order valence-electron chi connectivity index (χ1n) is 13.2. The molecule has 1 aromatic carbocycles. The molecule has 0 aliphatic carbocycles. The molecule has 2 N–H and O–H groups in total. The summed E-state index contributed by atoms with van der Waals surface area (Å²) >= 11 is 6.76. The van der Waals surface area contributed by atoms with Crippen LogP contribution in [0.1, 0.15) is 40.2 Å². The van der Waals surface area contributed by atoms with Crippen LogP contribution in [0.25, 0.3) is 11.3 Å². The average Bonchev–Trinajstić information content (AvgIpc) is 2.93. The molecule has 0 bridgehead atoms. The van der Waals surface area contributed by atoms with Crippen molar-refractivity contribution >= 4 is 41.4 Å². The van der Waals surface area contributed by atoms with Crippen LogP contribution in [0.5, 0.6) is 0 Å². The fourth-order valence-electron chi connectivity index (χ4n) is 4.60. The molecule has 0 radical (unpaired) electrons. The molecule has 0 spiro atoms. The Morgan fingerprint density at radius 1 is 1.29 bits per heavy atom. The van der Waals surface area contributed by atoms with Gasteiger partial charge in [-0.25, -0.2) is 14.3 Å². The predicted molar refractivity (Wildman–Crippen MR) is 164 cm³/mol. The minimum absolute atomic E-state index is 0.137. The second-order valence-electron chi connectivity index (χ2n) is 10.7. The maximum absolute atomic E-state index is 14.9. The molecule has 2 heterocycles. The monoisotopic (exact) mass is 581 g/mol. The van der Waals surface area contributed by atoms with Crippen molar-refractivity contribution in [3.8, 4) is 11.3 Å². The van der Waals surface area contributed by atoms with E-state index < -0.39 is 11.4 Å². The number of aliphatic imine (C=N–C) groups is 2. The number of amides is 2. The van der Waals surface area contributed by atoms with Crippen LogP contribution in [0.3, 0.4) is 0 Å². The van der Waals surface area contributed by atoms with Gasteiger partial charge < -0.3 is 15.5 Å². The van der Waals surface area contributed by atoms with Crippen molar-refractivity contribution in [3.05, 3.63) is 71.2 Å². The number of pyridine rings is 1. The van der Waals surface area contributed by atoms with Crippen molar-refractivity contribution in [1.29, 1.82) is 0 Å². The van der Waals surface area contributed by atoms with Gasteiger partial charge in [0.1, 0.15) is 17.5 Å². The molecule has 1 fully saturated rings. The highest BCUT2D eigenvalue weighted by molar-refractivity contribution is 6.34. The van der Waals surface area contributed by atoms with Gasteiger partial charge >= 0.3 is 0 Å². The minimum atomic E-state index is -0.577. The van der Waals surface area contributed by atoms with Gasteiger partial charge in [0, 0.05) is 50.1 Å². The number of anilines is 1. The Bertz CT molecular complexity index is 1410.